The number of sulfonamides is 1. The van der Waals surface area contributed by atoms with Crippen molar-refractivity contribution in [1.29, 1.82) is 0 Å². The average Bonchev–Trinajstić information content (AvgIpc) is 3.11. The van der Waals surface area contributed by atoms with Gasteiger partial charge in [0, 0.05) is 24.5 Å². The molecular formula is C26H36N4O4S. The van der Waals surface area contributed by atoms with Crippen molar-refractivity contribution in [3.05, 3.63) is 54.1 Å². The average molecular weight is 501 g/mol. The number of aryl methyl sites for hydroxylation is 1. The van der Waals surface area contributed by atoms with E-state index in [0.29, 0.717) is 25.3 Å². The Morgan fingerprint density at radius 2 is 1.57 bits per heavy atom. The summed E-state index contributed by atoms with van der Waals surface area (Å²) >= 11 is 0. The Labute approximate surface area is 208 Å². The Balaban J connectivity index is 1.61. The van der Waals surface area contributed by atoms with Crippen molar-refractivity contribution in [2.45, 2.75) is 50.8 Å². The number of nitrogens with zero attached hydrogens (tertiary/aromatic N) is 2. The number of benzene rings is 2. The third-order valence-electron chi connectivity index (χ3n) is 6.01. The highest BCUT2D eigenvalue weighted by atomic mass is 32.2. The molecule has 190 valence electrons. The van der Waals surface area contributed by atoms with Crippen LogP contribution in [-0.4, -0.2) is 62.2 Å². The zero-order valence-electron chi connectivity index (χ0n) is 20.6. The SMILES string of the molecule is CCCN(CC(=O)Nc1cccc(S(=O)(=O)N2CCCCCC2)c1)CC(=O)Nc1ccccc1C. The minimum absolute atomic E-state index is 0.0259. The van der Waals surface area contributed by atoms with Crippen molar-refractivity contribution in [1.82, 2.24) is 9.21 Å². The quantitative estimate of drug-likeness (QED) is 0.516. The largest absolute Gasteiger partial charge is 0.325 e. The van der Waals surface area contributed by atoms with Gasteiger partial charge in [0.2, 0.25) is 21.8 Å². The molecule has 1 fully saturated rings. The molecule has 1 aliphatic heterocycles. The second-order valence-corrected chi connectivity index (χ2v) is 10.9. The van der Waals surface area contributed by atoms with E-state index in [0.717, 1.165) is 43.4 Å². The molecule has 0 spiro atoms. The highest BCUT2D eigenvalue weighted by Gasteiger charge is 2.25. The molecule has 1 aliphatic rings. The standard InChI is InChI=1S/C26H36N4O4S/c1-3-15-29(20-26(32)28-24-14-7-6-11-21(24)2)19-25(31)27-22-12-10-13-23(18-22)35(33,34)30-16-8-4-5-9-17-30/h6-7,10-14,18H,3-5,8-9,15-17,19-20H2,1-2H3,(H,27,31)(H,28,32). The second kappa shape index (κ2) is 12.8. The van der Waals surface area contributed by atoms with Crippen LogP contribution in [0.4, 0.5) is 11.4 Å². The zero-order chi connectivity index (χ0) is 25.3. The van der Waals surface area contributed by atoms with Gasteiger partial charge in [0.1, 0.15) is 0 Å². The summed E-state index contributed by atoms with van der Waals surface area (Å²) in [5, 5.41) is 5.69. The van der Waals surface area contributed by atoms with Crippen molar-refractivity contribution in [2.75, 3.05) is 43.4 Å². The number of amides is 2. The summed E-state index contributed by atoms with van der Waals surface area (Å²) in [6.45, 7) is 5.65. The summed E-state index contributed by atoms with van der Waals surface area (Å²) in [5.74, 6) is -0.488. The molecule has 0 bridgehead atoms. The molecule has 0 unspecified atom stereocenters. The first-order chi connectivity index (χ1) is 16.8. The Bertz CT molecular complexity index is 1110. The lowest BCUT2D eigenvalue weighted by molar-refractivity contribution is -0.120. The number of anilines is 2. The molecule has 0 atom stereocenters. The Morgan fingerprint density at radius 3 is 2.23 bits per heavy atom. The number of para-hydroxylation sites is 1. The van der Waals surface area contributed by atoms with Crippen LogP contribution in [0, 0.1) is 6.92 Å². The molecule has 0 aliphatic carbocycles. The molecule has 0 radical (unpaired) electrons. The highest BCUT2D eigenvalue weighted by Crippen LogP contribution is 2.22. The van der Waals surface area contributed by atoms with Crippen LogP contribution in [0.15, 0.2) is 53.4 Å². The van der Waals surface area contributed by atoms with Gasteiger partial charge in [-0.15, -0.1) is 0 Å². The molecule has 1 heterocycles. The van der Waals surface area contributed by atoms with Crippen LogP contribution in [-0.2, 0) is 19.6 Å². The van der Waals surface area contributed by atoms with E-state index in [2.05, 4.69) is 10.6 Å². The van der Waals surface area contributed by atoms with Gasteiger partial charge in [-0.05, 0) is 62.6 Å². The lowest BCUT2D eigenvalue weighted by Crippen LogP contribution is -2.39. The van der Waals surface area contributed by atoms with Crippen LogP contribution < -0.4 is 10.6 Å². The van der Waals surface area contributed by atoms with E-state index in [9.17, 15) is 18.0 Å². The van der Waals surface area contributed by atoms with E-state index in [1.165, 1.54) is 10.4 Å². The van der Waals surface area contributed by atoms with Gasteiger partial charge in [0.25, 0.3) is 0 Å². The summed E-state index contributed by atoms with van der Waals surface area (Å²) in [4.78, 5) is 27.3. The van der Waals surface area contributed by atoms with Crippen LogP contribution in [0.25, 0.3) is 0 Å². The fourth-order valence-corrected chi connectivity index (χ4v) is 5.77. The van der Waals surface area contributed by atoms with Crippen molar-refractivity contribution in [3.63, 3.8) is 0 Å². The van der Waals surface area contributed by atoms with Gasteiger partial charge >= 0.3 is 0 Å². The van der Waals surface area contributed by atoms with Crippen molar-refractivity contribution in [2.24, 2.45) is 0 Å². The molecule has 2 aromatic carbocycles. The summed E-state index contributed by atoms with van der Waals surface area (Å²) in [6, 6.07) is 13.9. The van der Waals surface area contributed by atoms with Gasteiger partial charge in [0.15, 0.2) is 0 Å². The minimum Gasteiger partial charge on any atom is -0.325 e. The summed E-state index contributed by atoms with van der Waals surface area (Å²) in [6.07, 6.45) is 4.59. The first-order valence-electron chi connectivity index (χ1n) is 12.3. The number of nitrogens with one attached hydrogen (secondary N) is 2. The predicted molar refractivity (Wildman–Crippen MR) is 139 cm³/mol. The van der Waals surface area contributed by atoms with E-state index in [4.69, 9.17) is 0 Å². The van der Waals surface area contributed by atoms with Gasteiger partial charge in [-0.2, -0.15) is 4.31 Å². The van der Waals surface area contributed by atoms with E-state index in [1.807, 2.05) is 38.1 Å². The van der Waals surface area contributed by atoms with Crippen LogP contribution >= 0.6 is 0 Å². The summed E-state index contributed by atoms with van der Waals surface area (Å²) in [7, 11) is -3.61. The highest BCUT2D eigenvalue weighted by molar-refractivity contribution is 7.89. The van der Waals surface area contributed by atoms with E-state index in [1.54, 1.807) is 23.1 Å². The first kappa shape index (κ1) is 26.8. The fourth-order valence-electron chi connectivity index (χ4n) is 4.21. The molecule has 0 saturated carbocycles. The van der Waals surface area contributed by atoms with E-state index < -0.39 is 10.0 Å². The molecule has 2 amide bonds. The number of hydrogen-bond acceptors (Lipinski definition) is 5. The van der Waals surface area contributed by atoms with E-state index in [-0.39, 0.29) is 29.8 Å². The third-order valence-corrected chi connectivity index (χ3v) is 7.91. The molecule has 2 N–H and O–H groups in total. The summed E-state index contributed by atoms with van der Waals surface area (Å²) < 4.78 is 27.7. The predicted octanol–water partition coefficient (Wildman–Crippen LogP) is 3.85. The van der Waals surface area contributed by atoms with Crippen molar-refractivity contribution < 1.29 is 18.0 Å². The van der Waals surface area contributed by atoms with Gasteiger partial charge in [0.05, 0.1) is 18.0 Å². The maximum Gasteiger partial charge on any atom is 0.243 e. The summed E-state index contributed by atoms with van der Waals surface area (Å²) in [5.41, 5.74) is 2.14. The number of rotatable bonds is 10. The van der Waals surface area contributed by atoms with Gasteiger partial charge in [-0.3, -0.25) is 14.5 Å². The molecule has 35 heavy (non-hydrogen) atoms. The fraction of sp³-hybridized carbons (Fsp3) is 0.462. The van der Waals surface area contributed by atoms with Crippen molar-refractivity contribution >= 4 is 33.2 Å². The smallest absolute Gasteiger partial charge is 0.243 e. The Kier molecular flexibility index (Phi) is 9.83. The number of carbonyl (C=O) groups is 2. The Hall–Kier alpha value is -2.75. The second-order valence-electron chi connectivity index (χ2n) is 8.97. The van der Waals surface area contributed by atoms with Crippen LogP contribution in [0.3, 0.4) is 0 Å². The molecule has 9 heteroatoms. The Morgan fingerprint density at radius 1 is 0.914 bits per heavy atom. The molecule has 8 nitrogen and oxygen atoms in total. The lowest BCUT2D eigenvalue weighted by Gasteiger charge is -2.22. The zero-order valence-corrected chi connectivity index (χ0v) is 21.4. The topological polar surface area (TPSA) is 98.8 Å². The van der Waals surface area contributed by atoms with Crippen molar-refractivity contribution in [3.8, 4) is 0 Å². The first-order valence-corrected chi connectivity index (χ1v) is 13.7. The third kappa shape index (κ3) is 7.88. The van der Waals surface area contributed by atoms with Gasteiger partial charge in [-0.1, -0.05) is 44.0 Å². The minimum atomic E-state index is -3.61. The van der Waals surface area contributed by atoms with Gasteiger partial charge in [-0.25, -0.2) is 8.42 Å². The number of carbonyl (C=O) groups excluding carboxylic acids is 2. The maximum atomic E-state index is 13.1. The molecule has 2 aromatic rings. The van der Waals surface area contributed by atoms with Crippen LogP contribution in [0.5, 0.6) is 0 Å². The molecule has 1 saturated heterocycles. The lowest BCUT2D eigenvalue weighted by atomic mass is 10.2. The van der Waals surface area contributed by atoms with Crippen LogP contribution in [0.1, 0.15) is 44.6 Å². The number of hydrogen-bond donors (Lipinski definition) is 2. The molecule has 0 aromatic heterocycles. The molecule has 3 rings (SSSR count). The monoisotopic (exact) mass is 500 g/mol. The van der Waals surface area contributed by atoms with Crippen LogP contribution in [0.2, 0.25) is 0 Å². The maximum absolute atomic E-state index is 13.1. The molecular weight excluding hydrogens is 464 g/mol. The van der Waals surface area contributed by atoms with E-state index >= 15 is 0 Å². The normalized spacial score (nSPS) is 14.9. The van der Waals surface area contributed by atoms with Gasteiger partial charge < -0.3 is 10.6 Å².